The molecular weight excluding hydrogens is 238 g/mol. The smallest absolute Gasteiger partial charge is 0.0612 e. The average molecular weight is 269 g/mol. The first-order valence-electron chi connectivity index (χ1n) is 8.11. The number of rotatable bonds is 5. The van der Waals surface area contributed by atoms with Crippen LogP contribution in [0.3, 0.4) is 0 Å². The second kappa shape index (κ2) is 7.05. The Balaban J connectivity index is 1.80. The predicted octanol–water partition coefficient (Wildman–Crippen LogP) is 2.72. The van der Waals surface area contributed by atoms with Gasteiger partial charge in [0.2, 0.25) is 0 Å². The molecule has 1 saturated carbocycles. The molecule has 1 heterocycles. The lowest BCUT2D eigenvalue weighted by atomic mass is 9.74. The Labute approximate surface area is 118 Å². The van der Waals surface area contributed by atoms with Gasteiger partial charge >= 0.3 is 0 Å². The molecule has 2 unspecified atom stereocenters. The Morgan fingerprint density at radius 2 is 2.00 bits per heavy atom. The van der Waals surface area contributed by atoms with E-state index in [0.29, 0.717) is 24.7 Å². The molecular formula is C16H31NO2. The van der Waals surface area contributed by atoms with Crippen molar-refractivity contribution in [1.82, 2.24) is 5.32 Å². The maximum atomic E-state index is 9.75. The van der Waals surface area contributed by atoms with Crippen molar-refractivity contribution in [2.75, 3.05) is 19.8 Å². The molecule has 3 nitrogen and oxygen atoms in total. The Morgan fingerprint density at radius 1 is 1.26 bits per heavy atom. The van der Waals surface area contributed by atoms with Gasteiger partial charge in [0, 0.05) is 31.2 Å². The van der Waals surface area contributed by atoms with E-state index in [9.17, 15) is 5.11 Å². The lowest BCUT2D eigenvalue weighted by molar-refractivity contribution is -0.0277. The summed E-state index contributed by atoms with van der Waals surface area (Å²) < 4.78 is 5.82. The minimum absolute atomic E-state index is 0.157. The van der Waals surface area contributed by atoms with E-state index in [2.05, 4.69) is 19.2 Å². The van der Waals surface area contributed by atoms with Gasteiger partial charge in [-0.05, 0) is 31.6 Å². The number of aliphatic hydroxyl groups excluding tert-OH is 1. The van der Waals surface area contributed by atoms with E-state index in [4.69, 9.17) is 4.74 Å². The lowest BCUT2D eigenvalue weighted by Crippen LogP contribution is -2.47. The van der Waals surface area contributed by atoms with Crippen LogP contribution in [0.5, 0.6) is 0 Å². The highest BCUT2D eigenvalue weighted by Gasteiger charge is 2.33. The predicted molar refractivity (Wildman–Crippen MR) is 78.2 cm³/mol. The van der Waals surface area contributed by atoms with Gasteiger partial charge in [-0.25, -0.2) is 0 Å². The molecule has 112 valence electrons. The van der Waals surface area contributed by atoms with E-state index in [1.807, 2.05) is 0 Å². The van der Waals surface area contributed by atoms with Gasteiger partial charge in [-0.2, -0.15) is 0 Å². The molecule has 0 radical (unpaired) electrons. The summed E-state index contributed by atoms with van der Waals surface area (Å²) in [5.74, 6) is 0.603. The fraction of sp³-hybridized carbons (Fsp3) is 1.00. The lowest BCUT2D eigenvalue weighted by Gasteiger charge is -2.39. The quantitative estimate of drug-likeness (QED) is 0.806. The summed E-state index contributed by atoms with van der Waals surface area (Å²) in [6, 6.07) is 0.575. The van der Waals surface area contributed by atoms with E-state index in [-0.39, 0.29) is 5.41 Å². The Hall–Kier alpha value is -0.120. The van der Waals surface area contributed by atoms with E-state index < -0.39 is 0 Å². The normalized spacial score (nSPS) is 31.6. The van der Waals surface area contributed by atoms with Crippen molar-refractivity contribution in [1.29, 1.82) is 0 Å². The maximum Gasteiger partial charge on any atom is 0.0612 e. The van der Waals surface area contributed by atoms with Crippen LogP contribution in [-0.2, 0) is 4.74 Å². The molecule has 0 spiro atoms. The molecule has 1 aliphatic heterocycles. The number of ether oxygens (including phenoxy) is 1. The second-order valence-corrected chi connectivity index (χ2v) is 6.97. The van der Waals surface area contributed by atoms with Crippen molar-refractivity contribution < 1.29 is 9.84 Å². The number of aliphatic hydroxyl groups is 1. The molecule has 0 aromatic rings. The van der Waals surface area contributed by atoms with Gasteiger partial charge < -0.3 is 15.2 Å². The first-order chi connectivity index (χ1) is 9.15. The first-order valence-corrected chi connectivity index (χ1v) is 8.11. The van der Waals surface area contributed by atoms with Gasteiger partial charge in [0.15, 0.2) is 0 Å². The monoisotopic (exact) mass is 269 g/mol. The van der Waals surface area contributed by atoms with Gasteiger partial charge in [-0.1, -0.05) is 33.1 Å². The Bertz CT molecular complexity index is 261. The second-order valence-electron chi connectivity index (χ2n) is 6.97. The van der Waals surface area contributed by atoms with Crippen LogP contribution in [0.2, 0.25) is 0 Å². The summed E-state index contributed by atoms with van der Waals surface area (Å²) in [5, 5.41) is 13.5. The van der Waals surface area contributed by atoms with E-state index in [1.54, 1.807) is 0 Å². The molecule has 0 aromatic carbocycles. The van der Waals surface area contributed by atoms with Crippen molar-refractivity contribution in [2.24, 2.45) is 11.3 Å². The third-order valence-corrected chi connectivity index (χ3v) is 5.07. The van der Waals surface area contributed by atoms with Crippen molar-refractivity contribution in [2.45, 2.75) is 70.9 Å². The fourth-order valence-corrected chi connectivity index (χ4v) is 3.53. The van der Waals surface area contributed by atoms with Crippen LogP contribution in [0.1, 0.15) is 58.8 Å². The van der Waals surface area contributed by atoms with Gasteiger partial charge in [0.1, 0.15) is 0 Å². The number of hydrogen-bond acceptors (Lipinski definition) is 3. The van der Waals surface area contributed by atoms with Gasteiger partial charge in [0.25, 0.3) is 0 Å². The van der Waals surface area contributed by atoms with Crippen LogP contribution in [0.15, 0.2) is 0 Å². The maximum absolute atomic E-state index is 9.75. The standard InChI is InChI=1S/C16H31NO2/c1-13(2)15-10-14(6-9-19-15)17-11-16(12-18)7-4-3-5-8-16/h13-15,17-18H,3-12H2,1-2H3. The zero-order valence-corrected chi connectivity index (χ0v) is 12.7. The Kier molecular flexibility index (Phi) is 5.67. The van der Waals surface area contributed by atoms with Crippen LogP contribution in [0.4, 0.5) is 0 Å². The van der Waals surface area contributed by atoms with Crippen LogP contribution in [0, 0.1) is 11.3 Å². The fourth-order valence-electron chi connectivity index (χ4n) is 3.53. The van der Waals surface area contributed by atoms with Crippen LogP contribution >= 0.6 is 0 Å². The first kappa shape index (κ1) is 15.3. The topological polar surface area (TPSA) is 41.5 Å². The van der Waals surface area contributed by atoms with E-state index in [1.165, 1.54) is 32.1 Å². The molecule has 0 aromatic heterocycles. The number of nitrogens with one attached hydrogen (secondary N) is 1. The van der Waals surface area contributed by atoms with Crippen LogP contribution in [-0.4, -0.2) is 37.0 Å². The molecule has 3 heteroatoms. The summed E-state index contributed by atoms with van der Waals surface area (Å²) >= 11 is 0. The molecule has 0 amide bonds. The summed E-state index contributed by atoms with van der Waals surface area (Å²) in [5.41, 5.74) is 0.157. The average Bonchev–Trinajstić information content (AvgIpc) is 2.46. The zero-order chi connectivity index (χ0) is 13.7. The van der Waals surface area contributed by atoms with Crippen molar-refractivity contribution in [3.8, 4) is 0 Å². The third kappa shape index (κ3) is 4.17. The van der Waals surface area contributed by atoms with Crippen molar-refractivity contribution in [3.63, 3.8) is 0 Å². The number of hydrogen-bond donors (Lipinski definition) is 2. The Morgan fingerprint density at radius 3 is 2.63 bits per heavy atom. The highest BCUT2D eigenvalue weighted by Crippen LogP contribution is 2.35. The summed E-state index contributed by atoms with van der Waals surface area (Å²) in [6.07, 6.45) is 8.93. The molecule has 19 heavy (non-hydrogen) atoms. The molecule has 2 aliphatic rings. The highest BCUT2D eigenvalue weighted by molar-refractivity contribution is 4.87. The molecule has 0 bridgehead atoms. The van der Waals surface area contributed by atoms with E-state index >= 15 is 0 Å². The largest absolute Gasteiger partial charge is 0.396 e. The highest BCUT2D eigenvalue weighted by atomic mass is 16.5. The third-order valence-electron chi connectivity index (χ3n) is 5.07. The molecule has 1 aliphatic carbocycles. The van der Waals surface area contributed by atoms with Crippen LogP contribution in [0.25, 0.3) is 0 Å². The van der Waals surface area contributed by atoms with Crippen molar-refractivity contribution >= 4 is 0 Å². The molecule has 2 rings (SSSR count). The molecule has 2 atom stereocenters. The van der Waals surface area contributed by atoms with Gasteiger partial charge in [0.05, 0.1) is 6.10 Å². The summed E-state index contributed by atoms with van der Waals surface area (Å²) in [6.45, 7) is 6.69. The summed E-state index contributed by atoms with van der Waals surface area (Å²) in [4.78, 5) is 0. The van der Waals surface area contributed by atoms with Gasteiger partial charge in [-0.15, -0.1) is 0 Å². The summed E-state index contributed by atoms with van der Waals surface area (Å²) in [7, 11) is 0. The minimum Gasteiger partial charge on any atom is -0.396 e. The molecule has 2 fully saturated rings. The minimum atomic E-state index is 0.157. The van der Waals surface area contributed by atoms with Crippen LogP contribution < -0.4 is 5.32 Å². The van der Waals surface area contributed by atoms with Crippen molar-refractivity contribution in [3.05, 3.63) is 0 Å². The molecule has 1 saturated heterocycles. The van der Waals surface area contributed by atoms with Gasteiger partial charge in [-0.3, -0.25) is 0 Å². The van der Waals surface area contributed by atoms with E-state index in [0.717, 1.165) is 26.0 Å². The SMILES string of the molecule is CC(C)C1CC(NCC2(CO)CCCCC2)CCO1. The zero-order valence-electron chi connectivity index (χ0n) is 12.7. The molecule has 2 N–H and O–H groups in total.